The van der Waals surface area contributed by atoms with E-state index in [0.29, 0.717) is 18.7 Å². The molecule has 0 aliphatic carbocycles. The van der Waals surface area contributed by atoms with E-state index in [9.17, 15) is 24.0 Å². The number of unbranched alkanes of at least 4 members (excludes halogenated alkanes) is 9. The van der Waals surface area contributed by atoms with E-state index in [4.69, 9.17) is 0 Å². The van der Waals surface area contributed by atoms with Gasteiger partial charge in [-0.15, -0.1) is 0 Å². The minimum absolute atomic E-state index is 0.0579. The lowest BCUT2D eigenvalue weighted by Crippen LogP contribution is -2.63. The van der Waals surface area contributed by atoms with Crippen LogP contribution in [0.3, 0.4) is 0 Å². The number of hydrogen-bond donors (Lipinski definition) is 3. The van der Waals surface area contributed by atoms with Gasteiger partial charge in [-0.1, -0.05) is 95.0 Å². The van der Waals surface area contributed by atoms with Gasteiger partial charge in [-0.3, -0.25) is 24.1 Å². The van der Waals surface area contributed by atoms with Crippen molar-refractivity contribution in [2.45, 2.75) is 83.2 Å². The fourth-order valence-electron chi connectivity index (χ4n) is 4.68. The molecule has 2 atom stereocenters. The molecule has 3 N–H and O–H groups in total. The molecule has 2 aliphatic heterocycles. The number of rotatable bonds is 15. The molecule has 3 rings (SSSR count). The molecule has 2 saturated heterocycles. The van der Waals surface area contributed by atoms with Gasteiger partial charge in [0.1, 0.15) is 12.1 Å². The van der Waals surface area contributed by atoms with E-state index in [2.05, 4.69) is 22.9 Å². The second-order valence-electron chi connectivity index (χ2n) is 10.0. The van der Waals surface area contributed by atoms with Crippen LogP contribution in [0.1, 0.15) is 82.7 Å². The van der Waals surface area contributed by atoms with Gasteiger partial charge in [0, 0.05) is 26.2 Å². The lowest BCUT2D eigenvalue weighted by atomic mass is 10.0. The Kier molecular flexibility index (Phi) is 11.6. The van der Waals surface area contributed by atoms with Crippen molar-refractivity contribution in [3.8, 4) is 0 Å². The zero-order chi connectivity index (χ0) is 27.3. The van der Waals surface area contributed by atoms with Crippen molar-refractivity contribution in [1.82, 2.24) is 25.8 Å². The first-order chi connectivity index (χ1) is 18.4. The normalized spacial score (nSPS) is 18.0. The molecule has 0 bridgehead atoms. The number of piperazine rings is 1. The number of amides is 6. The lowest BCUT2D eigenvalue weighted by molar-refractivity contribution is -0.153. The maximum absolute atomic E-state index is 13.0. The molecule has 10 heteroatoms. The van der Waals surface area contributed by atoms with E-state index in [1.165, 1.54) is 49.8 Å². The fourth-order valence-corrected chi connectivity index (χ4v) is 4.68. The van der Waals surface area contributed by atoms with Crippen LogP contribution in [0.2, 0.25) is 0 Å². The molecule has 6 amide bonds. The zero-order valence-corrected chi connectivity index (χ0v) is 22.4. The Hall–Kier alpha value is -3.43. The van der Waals surface area contributed by atoms with E-state index in [1.807, 2.05) is 0 Å². The Bertz CT molecular complexity index is 970. The Morgan fingerprint density at radius 1 is 0.895 bits per heavy atom. The number of urea groups is 1. The Morgan fingerprint density at radius 2 is 1.53 bits per heavy atom. The van der Waals surface area contributed by atoms with E-state index in [-0.39, 0.29) is 19.0 Å². The van der Waals surface area contributed by atoms with Crippen LogP contribution >= 0.6 is 0 Å². The summed E-state index contributed by atoms with van der Waals surface area (Å²) in [5.74, 6) is -2.46. The van der Waals surface area contributed by atoms with Crippen molar-refractivity contribution in [2.24, 2.45) is 0 Å². The monoisotopic (exact) mass is 527 g/mol. The van der Waals surface area contributed by atoms with E-state index in [1.54, 1.807) is 30.3 Å². The first-order valence-corrected chi connectivity index (χ1v) is 14.0. The SMILES string of the molecule is CCCCCCCCCCCCN1CCN(C(=O)N[C@@H](C(=O)NC2CNC2=O)c2ccccc2)C(=O)C1=O. The fraction of sp³-hybridized carbons (Fsp3) is 0.607. The third-order valence-electron chi connectivity index (χ3n) is 7.11. The topological polar surface area (TPSA) is 128 Å². The second kappa shape index (κ2) is 15.1. The van der Waals surface area contributed by atoms with Crippen LogP contribution in [0.15, 0.2) is 30.3 Å². The van der Waals surface area contributed by atoms with E-state index >= 15 is 0 Å². The van der Waals surface area contributed by atoms with Crippen molar-refractivity contribution < 1.29 is 24.0 Å². The predicted molar refractivity (Wildman–Crippen MR) is 143 cm³/mol. The van der Waals surface area contributed by atoms with Gasteiger partial charge in [-0.05, 0) is 12.0 Å². The van der Waals surface area contributed by atoms with Gasteiger partial charge in [0.05, 0.1) is 0 Å². The number of nitrogens with one attached hydrogen (secondary N) is 3. The molecule has 208 valence electrons. The summed E-state index contributed by atoms with van der Waals surface area (Å²) in [5.41, 5.74) is 0.497. The summed E-state index contributed by atoms with van der Waals surface area (Å²) in [6, 6.07) is 5.95. The molecule has 1 aromatic rings. The van der Waals surface area contributed by atoms with Crippen molar-refractivity contribution in [1.29, 1.82) is 0 Å². The third-order valence-corrected chi connectivity index (χ3v) is 7.11. The van der Waals surface area contributed by atoms with Crippen LogP contribution in [0.5, 0.6) is 0 Å². The van der Waals surface area contributed by atoms with Crippen LogP contribution in [0.25, 0.3) is 0 Å². The summed E-state index contributed by atoms with van der Waals surface area (Å²) in [7, 11) is 0. The first kappa shape index (κ1) is 29.1. The van der Waals surface area contributed by atoms with Gasteiger partial charge in [0.15, 0.2) is 0 Å². The van der Waals surface area contributed by atoms with Crippen LogP contribution in [-0.4, -0.2) is 71.7 Å². The molecule has 2 aliphatic rings. The number of carbonyl (C=O) groups excluding carboxylic acids is 5. The summed E-state index contributed by atoms with van der Waals surface area (Å²) in [6.07, 6.45) is 11.8. The quantitative estimate of drug-likeness (QED) is 0.184. The number of hydrogen-bond acceptors (Lipinski definition) is 5. The molecule has 0 aromatic heterocycles. The average Bonchev–Trinajstić information content (AvgIpc) is 2.93. The molecule has 38 heavy (non-hydrogen) atoms. The highest BCUT2D eigenvalue weighted by Gasteiger charge is 2.38. The van der Waals surface area contributed by atoms with Crippen LogP contribution in [0, 0.1) is 0 Å². The molecule has 0 saturated carbocycles. The van der Waals surface area contributed by atoms with Crippen LogP contribution in [0.4, 0.5) is 4.79 Å². The molecule has 10 nitrogen and oxygen atoms in total. The van der Waals surface area contributed by atoms with E-state index in [0.717, 1.165) is 24.2 Å². The molecule has 2 fully saturated rings. The molecule has 2 heterocycles. The van der Waals surface area contributed by atoms with Gasteiger partial charge in [-0.25, -0.2) is 4.79 Å². The minimum Gasteiger partial charge on any atom is -0.352 e. The van der Waals surface area contributed by atoms with Crippen LogP contribution < -0.4 is 16.0 Å². The number of benzene rings is 1. The maximum Gasteiger partial charge on any atom is 0.325 e. The first-order valence-electron chi connectivity index (χ1n) is 14.0. The smallest absolute Gasteiger partial charge is 0.325 e. The summed E-state index contributed by atoms with van der Waals surface area (Å²) in [4.78, 5) is 65.3. The molecule has 0 spiro atoms. The molecular weight excluding hydrogens is 486 g/mol. The van der Waals surface area contributed by atoms with Gasteiger partial charge in [-0.2, -0.15) is 0 Å². The van der Waals surface area contributed by atoms with Crippen molar-refractivity contribution in [3.63, 3.8) is 0 Å². The number of nitrogens with zero attached hydrogens (tertiary/aromatic N) is 2. The number of carbonyl (C=O) groups is 5. The summed E-state index contributed by atoms with van der Waals surface area (Å²) in [6.45, 7) is 3.35. The van der Waals surface area contributed by atoms with Crippen LogP contribution in [-0.2, 0) is 19.2 Å². The average molecular weight is 528 g/mol. The number of β-lactam (4-membered cyclic amide) rings is 1. The molecule has 1 unspecified atom stereocenters. The molecule has 1 aromatic carbocycles. The van der Waals surface area contributed by atoms with Crippen molar-refractivity contribution in [3.05, 3.63) is 35.9 Å². The third kappa shape index (κ3) is 8.29. The Morgan fingerprint density at radius 3 is 2.11 bits per heavy atom. The predicted octanol–water partition coefficient (Wildman–Crippen LogP) is 2.64. The highest BCUT2D eigenvalue weighted by Crippen LogP contribution is 2.16. The number of imide groups is 1. The van der Waals surface area contributed by atoms with Gasteiger partial charge in [0.25, 0.3) is 0 Å². The zero-order valence-electron chi connectivity index (χ0n) is 22.4. The van der Waals surface area contributed by atoms with Gasteiger partial charge in [0.2, 0.25) is 11.8 Å². The highest BCUT2D eigenvalue weighted by atomic mass is 16.2. The standard InChI is InChI=1S/C28H41N5O5/c1-2-3-4-5-6-7-8-9-10-14-17-32-18-19-33(27(37)26(32)36)28(38)31-23(21-15-12-11-13-16-21)25(35)30-22-20-29-24(22)34/h11-13,15-16,22-23H,2-10,14,17-20H2,1H3,(H,29,34)(H,30,35)(H,31,38)/t22?,23-/m1/s1. The minimum atomic E-state index is -1.12. The molecule has 0 radical (unpaired) electrons. The van der Waals surface area contributed by atoms with Crippen molar-refractivity contribution >= 4 is 29.7 Å². The highest BCUT2D eigenvalue weighted by molar-refractivity contribution is 6.38. The van der Waals surface area contributed by atoms with Gasteiger partial charge < -0.3 is 20.9 Å². The lowest BCUT2D eigenvalue weighted by Gasteiger charge is -2.34. The summed E-state index contributed by atoms with van der Waals surface area (Å²) >= 11 is 0. The summed E-state index contributed by atoms with van der Waals surface area (Å²) in [5, 5.41) is 7.73. The Balaban J connectivity index is 1.45. The van der Waals surface area contributed by atoms with E-state index < -0.39 is 35.8 Å². The van der Waals surface area contributed by atoms with Crippen molar-refractivity contribution in [2.75, 3.05) is 26.2 Å². The Labute approximate surface area is 224 Å². The second-order valence-corrected chi connectivity index (χ2v) is 10.0. The summed E-state index contributed by atoms with van der Waals surface area (Å²) < 4.78 is 0. The van der Waals surface area contributed by atoms with Gasteiger partial charge >= 0.3 is 17.8 Å². The molecular formula is C28H41N5O5. The maximum atomic E-state index is 13.0. The largest absolute Gasteiger partial charge is 0.352 e.